The van der Waals surface area contributed by atoms with Crippen molar-refractivity contribution in [3.05, 3.63) is 35.4 Å². The zero-order valence-corrected chi connectivity index (χ0v) is 14.4. The largest absolute Gasteiger partial charge is 0.480 e. The molecule has 23 heavy (non-hydrogen) atoms. The quantitative estimate of drug-likeness (QED) is 0.878. The van der Waals surface area contributed by atoms with Gasteiger partial charge in [-0.25, -0.2) is 0 Å². The van der Waals surface area contributed by atoms with E-state index in [4.69, 9.17) is 4.74 Å². The molecule has 0 radical (unpaired) electrons. The third-order valence-corrected chi connectivity index (χ3v) is 5.93. The summed E-state index contributed by atoms with van der Waals surface area (Å²) in [7, 11) is 0. The average molecular weight is 336 g/mol. The van der Waals surface area contributed by atoms with Crippen molar-refractivity contribution >= 4 is 17.7 Å². The Morgan fingerprint density at radius 1 is 1.43 bits per heavy atom. The van der Waals surface area contributed by atoms with E-state index in [1.165, 1.54) is 5.56 Å². The highest BCUT2D eigenvalue weighted by molar-refractivity contribution is 8.01. The second-order valence-electron chi connectivity index (χ2n) is 6.67. The minimum absolute atomic E-state index is 0.0238. The highest BCUT2D eigenvalue weighted by Gasteiger charge is 2.45. The lowest BCUT2D eigenvalue weighted by Crippen LogP contribution is -2.43. The predicted molar refractivity (Wildman–Crippen MR) is 91.5 cm³/mol. The maximum Gasteiger partial charge on any atom is 0.322 e. The van der Waals surface area contributed by atoms with Crippen molar-refractivity contribution in [3.8, 4) is 0 Å². The van der Waals surface area contributed by atoms with E-state index in [0.717, 1.165) is 38.4 Å². The van der Waals surface area contributed by atoms with Crippen molar-refractivity contribution in [2.24, 2.45) is 0 Å². The van der Waals surface area contributed by atoms with E-state index in [-0.39, 0.29) is 10.1 Å². The van der Waals surface area contributed by atoms with Gasteiger partial charge in [0.1, 0.15) is 6.04 Å². The standard InChI is InChI=1S/C17H24N2O3S/c1-17(2)14(16(20)21)18-15(23-17)13-5-3-4-12(10-13)11-19-6-8-22-9-7-19/h3-5,10,14-15,18H,6-9,11H2,1-2H3,(H,20,21). The first-order valence-corrected chi connectivity index (χ1v) is 8.89. The highest BCUT2D eigenvalue weighted by Crippen LogP contribution is 2.45. The smallest absolute Gasteiger partial charge is 0.322 e. The van der Waals surface area contributed by atoms with Gasteiger partial charge in [-0.1, -0.05) is 24.3 Å². The van der Waals surface area contributed by atoms with Crippen molar-refractivity contribution in [1.82, 2.24) is 10.2 Å². The minimum atomic E-state index is -0.783. The van der Waals surface area contributed by atoms with Gasteiger partial charge in [0.2, 0.25) is 0 Å². The van der Waals surface area contributed by atoms with E-state index in [1.807, 2.05) is 13.8 Å². The number of rotatable bonds is 4. The summed E-state index contributed by atoms with van der Waals surface area (Å²) < 4.78 is 5.07. The Hall–Kier alpha value is -1.08. The van der Waals surface area contributed by atoms with E-state index >= 15 is 0 Å². The molecule has 2 N–H and O–H groups in total. The monoisotopic (exact) mass is 336 g/mol. The number of nitrogens with zero attached hydrogens (tertiary/aromatic N) is 1. The van der Waals surface area contributed by atoms with Crippen LogP contribution >= 0.6 is 11.8 Å². The molecule has 6 heteroatoms. The maximum absolute atomic E-state index is 11.4. The number of carboxylic acids is 1. The Labute approximate surface area is 141 Å². The molecule has 2 aliphatic rings. The van der Waals surface area contributed by atoms with Gasteiger partial charge in [0.05, 0.1) is 18.6 Å². The molecule has 2 fully saturated rings. The zero-order valence-electron chi connectivity index (χ0n) is 13.6. The summed E-state index contributed by atoms with van der Waals surface area (Å²) in [6.07, 6.45) is 0. The molecule has 2 heterocycles. The average Bonchev–Trinajstić information content (AvgIpc) is 2.84. The van der Waals surface area contributed by atoms with Crippen LogP contribution in [0.1, 0.15) is 30.3 Å². The van der Waals surface area contributed by atoms with Crippen molar-refractivity contribution in [2.75, 3.05) is 26.3 Å². The number of carbonyl (C=O) groups is 1. The van der Waals surface area contributed by atoms with E-state index in [2.05, 4.69) is 34.5 Å². The Kier molecular flexibility index (Phi) is 4.96. The first-order chi connectivity index (χ1) is 11.0. The molecule has 5 nitrogen and oxygen atoms in total. The number of ether oxygens (including phenoxy) is 1. The molecular formula is C17H24N2O3S. The fraction of sp³-hybridized carbons (Fsp3) is 0.588. The molecule has 1 aromatic rings. The molecule has 126 valence electrons. The van der Waals surface area contributed by atoms with Crippen LogP contribution in [0, 0.1) is 0 Å². The second-order valence-corrected chi connectivity index (χ2v) is 8.43. The fourth-order valence-corrected chi connectivity index (χ4v) is 4.56. The van der Waals surface area contributed by atoms with Gasteiger partial charge >= 0.3 is 5.97 Å². The third kappa shape index (κ3) is 3.88. The van der Waals surface area contributed by atoms with Gasteiger partial charge in [0.15, 0.2) is 0 Å². The predicted octanol–water partition coefficient (Wildman–Crippen LogP) is 2.09. The molecule has 0 amide bonds. The summed E-state index contributed by atoms with van der Waals surface area (Å²) in [5.41, 5.74) is 2.42. The van der Waals surface area contributed by atoms with Gasteiger partial charge in [-0.05, 0) is 25.0 Å². The van der Waals surface area contributed by atoms with Crippen molar-refractivity contribution in [1.29, 1.82) is 0 Å². The second kappa shape index (κ2) is 6.81. The maximum atomic E-state index is 11.4. The van der Waals surface area contributed by atoms with Crippen LogP contribution in [0.5, 0.6) is 0 Å². The molecule has 2 unspecified atom stereocenters. The summed E-state index contributed by atoms with van der Waals surface area (Å²) in [5, 5.41) is 12.7. The number of carboxylic acid groups (broad SMARTS) is 1. The summed E-state index contributed by atoms with van der Waals surface area (Å²) in [6.45, 7) is 8.42. The molecule has 0 bridgehead atoms. The van der Waals surface area contributed by atoms with Gasteiger partial charge in [-0.15, -0.1) is 11.8 Å². The Balaban J connectivity index is 1.71. The Morgan fingerprint density at radius 3 is 2.83 bits per heavy atom. The fourth-order valence-electron chi connectivity index (χ4n) is 3.16. The Morgan fingerprint density at radius 2 is 2.17 bits per heavy atom. The first-order valence-electron chi connectivity index (χ1n) is 8.01. The number of benzene rings is 1. The van der Waals surface area contributed by atoms with Crippen molar-refractivity contribution < 1.29 is 14.6 Å². The molecule has 0 spiro atoms. The summed E-state index contributed by atoms with van der Waals surface area (Å²) in [6, 6.07) is 7.95. The van der Waals surface area contributed by atoms with Crippen LogP contribution in [-0.2, 0) is 16.1 Å². The molecular weight excluding hydrogens is 312 g/mol. The van der Waals surface area contributed by atoms with Gasteiger partial charge in [0, 0.05) is 24.4 Å². The van der Waals surface area contributed by atoms with Crippen LogP contribution in [0.2, 0.25) is 0 Å². The summed E-state index contributed by atoms with van der Waals surface area (Å²) in [5.74, 6) is -0.783. The molecule has 2 saturated heterocycles. The number of nitrogens with one attached hydrogen (secondary N) is 1. The van der Waals surface area contributed by atoms with Crippen molar-refractivity contribution in [2.45, 2.75) is 36.6 Å². The highest BCUT2D eigenvalue weighted by atomic mass is 32.2. The lowest BCUT2D eigenvalue weighted by atomic mass is 10.0. The number of morpholine rings is 1. The van der Waals surface area contributed by atoms with E-state index in [0.29, 0.717) is 0 Å². The topological polar surface area (TPSA) is 61.8 Å². The van der Waals surface area contributed by atoms with Crippen LogP contribution in [0.25, 0.3) is 0 Å². The molecule has 0 aliphatic carbocycles. The first kappa shape index (κ1) is 16.8. The molecule has 2 atom stereocenters. The molecule has 0 saturated carbocycles. The normalized spacial score (nSPS) is 27.9. The number of aliphatic carboxylic acids is 1. The SMILES string of the molecule is CC1(C)SC(c2cccc(CN3CCOCC3)c2)NC1C(=O)O. The van der Waals surface area contributed by atoms with Crippen molar-refractivity contribution in [3.63, 3.8) is 0 Å². The van der Waals surface area contributed by atoms with Crippen LogP contribution < -0.4 is 5.32 Å². The Bertz CT molecular complexity index is 573. The van der Waals surface area contributed by atoms with Crippen LogP contribution in [-0.4, -0.2) is 53.1 Å². The van der Waals surface area contributed by atoms with Gasteiger partial charge in [-0.2, -0.15) is 0 Å². The van der Waals surface area contributed by atoms with E-state index in [9.17, 15) is 9.90 Å². The third-order valence-electron chi connectivity index (χ3n) is 4.45. The number of thioether (sulfide) groups is 1. The van der Waals surface area contributed by atoms with Gasteiger partial charge in [-0.3, -0.25) is 15.0 Å². The van der Waals surface area contributed by atoms with Gasteiger partial charge in [0.25, 0.3) is 0 Å². The lowest BCUT2D eigenvalue weighted by Gasteiger charge is -2.26. The lowest BCUT2D eigenvalue weighted by molar-refractivity contribution is -0.139. The summed E-state index contributed by atoms with van der Waals surface area (Å²) >= 11 is 1.69. The number of hydrogen-bond acceptors (Lipinski definition) is 5. The van der Waals surface area contributed by atoms with E-state index in [1.54, 1.807) is 11.8 Å². The van der Waals surface area contributed by atoms with Crippen LogP contribution in [0.3, 0.4) is 0 Å². The van der Waals surface area contributed by atoms with Crippen LogP contribution in [0.4, 0.5) is 0 Å². The molecule has 3 rings (SSSR count). The minimum Gasteiger partial charge on any atom is -0.480 e. The van der Waals surface area contributed by atoms with Gasteiger partial charge < -0.3 is 9.84 Å². The van der Waals surface area contributed by atoms with E-state index < -0.39 is 12.0 Å². The number of hydrogen-bond donors (Lipinski definition) is 2. The zero-order chi connectivity index (χ0) is 16.4. The van der Waals surface area contributed by atoms with Crippen LogP contribution in [0.15, 0.2) is 24.3 Å². The summed E-state index contributed by atoms with van der Waals surface area (Å²) in [4.78, 5) is 13.8. The molecule has 2 aliphatic heterocycles. The molecule has 1 aromatic carbocycles. The molecule has 0 aromatic heterocycles.